The molecular weight excluding hydrogens is 285 g/mol. The largest absolute Gasteiger partial charge is 0.367 e. The molecule has 0 saturated heterocycles. The first-order valence-corrected chi connectivity index (χ1v) is 5.95. The standard InChI is InChI=1S/C13H7ClFN3O2/c14-18-12(10-5-6-16-7-17-10)11(13(19)20-18)8-1-3-9(15)4-2-8/h1-7H. The molecule has 0 fully saturated rings. The molecule has 20 heavy (non-hydrogen) atoms. The van der Waals surface area contributed by atoms with E-state index in [4.69, 9.17) is 16.3 Å². The number of rotatable bonds is 2. The summed E-state index contributed by atoms with van der Waals surface area (Å²) in [4.78, 5) is 19.7. The van der Waals surface area contributed by atoms with Crippen molar-refractivity contribution in [3.05, 3.63) is 59.1 Å². The number of halogens is 2. The highest BCUT2D eigenvalue weighted by molar-refractivity contribution is 6.16. The summed E-state index contributed by atoms with van der Waals surface area (Å²) in [5.74, 6) is -0.396. The monoisotopic (exact) mass is 291 g/mol. The van der Waals surface area contributed by atoms with Gasteiger partial charge in [-0.05, 0) is 23.8 Å². The van der Waals surface area contributed by atoms with Gasteiger partial charge in [0.15, 0.2) is 0 Å². The zero-order valence-corrected chi connectivity index (χ0v) is 10.7. The third-order valence-corrected chi connectivity index (χ3v) is 2.98. The van der Waals surface area contributed by atoms with Gasteiger partial charge in [0.1, 0.15) is 17.8 Å². The molecule has 3 rings (SSSR count). The molecule has 2 heterocycles. The van der Waals surface area contributed by atoms with Crippen molar-refractivity contribution >= 4 is 11.8 Å². The average molecular weight is 292 g/mol. The Labute approximate surface area is 117 Å². The van der Waals surface area contributed by atoms with Crippen LogP contribution < -0.4 is 5.63 Å². The van der Waals surface area contributed by atoms with Crippen LogP contribution in [0.4, 0.5) is 4.39 Å². The van der Waals surface area contributed by atoms with Crippen LogP contribution in [0.25, 0.3) is 22.5 Å². The average Bonchev–Trinajstić information content (AvgIpc) is 2.75. The maximum absolute atomic E-state index is 13.0. The minimum Gasteiger partial charge on any atom is -0.319 e. The molecule has 0 saturated carbocycles. The molecule has 0 radical (unpaired) electrons. The van der Waals surface area contributed by atoms with Crippen LogP contribution in [-0.2, 0) is 0 Å². The van der Waals surface area contributed by atoms with Gasteiger partial charge < -0.3 is 4.52 Å². The molecule has 0 bridgehead atoms. The van der Waals surface area contributed by atoms with Crippen LogP contribution in [0.15, 0.2) is 52.2 Å². The lowest BCUT2D eigenvalue weighted by molar-refractivity contribution is 0.358. The highest BCUT2D eigenvalue weighted by atomic mass is 35.5. The fourth-order valence-electron chi connectivity index (χ4n) is 1.87. The lowest BCUT2D eigenvalue weighted by Gasteiger charge is -2.02. The van der Waals surface area contributed by atoms with Crippen LogP contribution >= 0.6 is 11.8 Å². The van der Waals surface area contributed by atoms with Gasteiger partial charge in [0.2, 0.25) is 0 Å². The van der Waals surface area contributed by atoms with E-state index in [9.17, 15) is 9.18 Å². The van der Waals surface area contributed by atoms with Gasteiger partial charge in [-0.2, -0.15) is 0 Å². The SMILES string of the molecule is O=c1on(Cl)c(-c2ccncn2)c1-c1ccc(F)cc1. The van der Waals surface area contributed by atoms with E-state index in [2.05, 4.69) is 9.97 Å². The van der Waals surface area contributed by atoms with Gasteiger partial charge in [-0.3, -0.25) is 0 Å². The Morgan fingerprint density at radius 3 is 2.60 bits per heavy atom. The van der Waals surface area contributed by atoms with Crippen molar-refractivity contribution in [3.63, 3.8) is 0 Å². The number of hydrogen-bond acceptors (Lipinski definition) is 4. The van der Waals surface area contributed by atoms with Crippen molar-refractivity contribution < 1.29 is 8.91 Å². The van der Waals surface area contributed by atoms with Crippen LogP contribution in [0.5, 0.6) is 0 Å². The van der Waals surface area contributed by atoms with Gasteiger partial charge >= 0.3 is 5.63 Å². The number of aromatic nitrogens is 3. The van der Waals surface area contributed by atoms with Gasteiger partial charge in [0, 0.05) is 6.20 Å². The minimum atomic E-state index is -0.625. The van der Waals surface area contributed by atoms with Crippen LogP contribution in [0.3, 0.4) is 0 Å². The molecule has 0 aliphatic heterocycles. The Morgan fingerprint density at radius 1 is 1.20 bits per heavy atom. The van der Waals surface area contributed by atoms with Crippen LogP contribution in [-0.4, -0.2) is 14.2 Å². The summed E-state index contributed by atoms with van der Waals surface area (Å²) in [6, 6.07) is 7.05. The lowest BCUT2D eigenvalue weighted by Crippen LogP contribution is -1.98. The van der Waals surface area contributed by atoms with Crippen molar-refractivity contribution in [2.45, 2.75) is 0 Å². The van der Waals surface area contributed by atoms with Crippen LogP contribution in [0.2, 0.25) is 0 Å². The number of benzene rings is 1. The fraction of sp³-hybridized carbons (Fsp3) is 0. The van der Waals surface area contributed by atoms with E-state index in [0.29, 0.717) is 17.0 Å². The second-order valence-electron chi connectivity index (χ2n) is 3.95. The predicted molar refractivity (Wildman–Crippen MR) is 70.6 cm³/mol. The van der Waals surface area contributed by atoms with E-state index in [1.54, 1.807) is 6.07 Å². The molecule has 2 aromatic heterocycles. The summed E-state index contributed by atoms with van der Waals surface area (Å²) < 4.78 is 18.7. The molecule has 0 spiro atoms. The molecule has 100 valence electrons. The third-order valence-electron chi connectivity index (χ3n) is 2.74. The highest BCUT2D eigenvalue weighted by Crippen LogP contribution is 2.29. The second-order valence-corrected chi connectivity index (χ2v) is 4.26. The summed E-state index contributed by atoms with van der Waals surface area (Å²) in [6.45, 7) is 0. The first kappa shape index (κ1) is 12.6. The van der Waals surface area contributed by atoms with Crippen LogP contribution in [0, 0.1) is 5.82 Å². The van der Waals surface area contributed by atoms with E-state index < -0.39 is 11.4 Å². The molecule has 1 aromatic carbocycles. The predicted octanol–water partition coefficient (Wildman–Crippen LogP) is 2.71. The van der Waals surface area contributed by atoms with Crippen molar-refractivity contribution in [1.82, 2.24) is 14.2 Å². The fourth-order valence-corrected chi connectivity index (χ4v) is 2.10. The van der Waals surface area contributed by atoms with Gasteiger partial charge in [0.25, 0.3) is 0 Å². The summed E-state index contributed by atoms with van der Waals surface area (Å²) >= 11 is 5.88. The Hall–Kier alpha value is -2.47. The topological polar surface area (TPSA) is 60.9 Å². The lowest BCUT2D eigenvalue weighted by atomic mass is 10.0. The Bertz CT molecular complexity index is 797. The molecule has 5 nitrogen and oxygen atoms in total. The van der Waals surface area contributed by atoms with E-state index in [-0.39, 0.29) is 5.56 Å². The molecule has 3 aromatic rings. The van der Waals surface area contributed by atoms with Gasteiger partial charge in [-0.15, -0.1) is 4.26 Å². The maximum Gasteiger partial charge on any atom is 0.367 e. The van der Waals surface area contributed by atoms with Gasteiger partial charge in [-0.25, -0.2) is 19.2 Å². The second kappa shape index (κ2) is 4.90. The van der Waals surface area contributed by atoms with E-state index in [1.165, 1.54) is 36.8 Å². The highest BCUT2D eigenvalue weighted by Gasteiger charge is 2.21. The Morgan fingerprint density at radius 2 is 1.95 bits per heavy atom. The zero-order valence-electron chi connectivity index (χ0n) is 9.96. The van der Waals surface area contributed by atoms with E-state index >= 15 is 0 Å². The van der Waals surface area contributed by atoms with Crippen molar-refractivity contribution in [3.8, 4) is 22.5 Å². The first-order chi connectivity index (χ1) is 9.66. The summed E-state index contributed by atoms with van der Waals surface area (Å²) in [5, 5.41) is 0. The first-order valence-electron chi connectivity index (χ1n) is 5.61. The van der Waals surface area contributed by atoms with Gasteiger partial charge in [-0.1, -0.05) is 12.1 Å². The molecule has 0 unspecified atom stereocenters. The Balaban J connectivity index is 2.26. The molecule has 7 heteroatoms. The summed E-state index contributed by atoms with van der Waals surface area (Å²) in [6.07, 6.45) is 2.85. The molecule has 0 aliphatic carbocycles. The maximum atomic E-state index is 13.0. The van der Waals surface area contributed by atoms with E-state index in [1.807, 2.05) is 0 Å². The summed E-state index contributed by atoms with van der Waals surface area (Å²) in [7, 11) is 0. The van der Waals surface area contributed by atoms with Crippen LogP contribution in [0.1, 0.15) is 0 Å². The molecule has 0 atom stereocenters. The third kappa shape index (κ3) is 2.10. The van der Waals surface area contributed by atoms with E-state index in [0.717, 1.165) is 4.26 Å². The number of nitrogens with zero attached hydrogens (tertiary/aromatic N) is 3. The van der Waals surface area contributed by atoms with Crippen molar-refractivity contribution in [1.29, 1.82) is 0 Å². The quantitative estimate of drug-likeness (QED) is 0.728. The molecule has 0 N–H and O–H groups in total. The minimum absolute atomic E-state index is 0.221. The zero-order chi connectivity index (χ0) is 14.1. The Kier molecular flexibility index (Phi) is 3.08. The van der Waals surface area contributed by atoms with Crippen molar-refractivity contribution in [2.24, 2.45) is 0 Å². The normalized spacial score (nSPS) is 10.7. The molecular formula is C13H7ClFN3O2. The smallest absolute Gasteiger partial charge is 0.319 e. The molecule has 0 aliphatic rings. The number of hydrogen-bond donors (Lipinski definition) is 0. The molecule has 0 amide bonds. The summed E-state index contributed by atoms with van der Waals surface area (Å²) in [5.41, 5.74) is 0.818. The van der Waals surface area contributed by atoms with Crippen molar-refractivity contribution in [2.75, 3.05) is 0 Å². The van der Waals surface area contributed by atoms with Gasteiger partial charge in [0.05, 0.1) is 23.0 Å².